The third-order valence-corrected chi connectivity index (χ3v) is 10.8. The number of benzene rings is 7. The van der Waals surface area contributed by atoms with Gasteiger partial charge in [0, 0.05) is 33.0 Å². The molecule has 2 aliphatic rings. The SMILES string of the molecule is CC1(C)c2ccccc2-c2c1c1c3ccccc3c3ccccc3c1n2-c1ccc(C2=NC(c3ccccc3)=CC(c3ccccc3)N2)cc1. The van der Waals surface area contributed by atoms with Crippen LogP contribution in [0, 0.1) is 0 Å². The molecule has 1 aliphatic carbocycles. The van der Waals surface area contributed by atoms with Crippen molar-refractivity contribution in [2.45, 2.75) is 25.3 Å². The van der Waals surface area contributed by atoms with E-state index in [4.69, 9.17) is 4.99 Å². The average molecular weight is 642 g/mol. The molecule has 1 unspecified atom stereocenters. The van der Waals surface area contributed by atoms with Crippen molar-refractivity contribution in [2.24, 2.45) is 4.99 Å². The third-order valence-electron chi connectivity index (χ3n) is 10.8. The van der Waals surface area contributed by atoms with Crippen LogP contribution in [0.2, 0.25) is 0 Å². The Kier molecular flexibility index (Phi) is 6.28. The predicted octanol–water partition coefficient (Wildman–Crippen LogP) is 11.4. The van der Waals surface area contributed by atoms with Crippen LogP contribution in [0.4, 0.5) is 0 Å². The normalized spacial score (nSPS) is 16.2. The van der Waals surface area contributed by atoms with Crippen LogP contribution in [-0.4, -0.2) is 10.4 Å². The molecule has 0 saturated heterocycles. The average Bonchev–Trinajstić information content (AvgIpc) is 3.66. The van der Waals surface area contributed by atoms with Gasteiger partial charge in [-0.3, -0.25) is 0 Å². The van der Waals surface area contributed by atoms with Crippen LogP contribution in [0.1, 0.15) is 47.7 Å². The van der Waals surface area contributed by atoms with E-state index in [0.29, 0.717) is 0 Å². The zero-order valence-corrected chi connectivity index (χ0v) is 28.1. The zero-order valence-electron chi connectivity index (χ0n) is 28.1. The van der Waals surface area contributed by atoms with Crippen molar-refractivity contribution < 1.29 is 0 Å². The summed E-state index contributed by atoms with van der Waals surface area (Å²) in [4.78, 5) is 5.18. The van der Waals surface area contributed by atoms with E-state index < -0.39 is 0 Å². The van der Waals surface area contributed by atoms with Crippen molar-refractivity contribution in [3.8, 4) is 16.9 Å². The minimum Gasteiger partial charge on any atom is -0.359 e. The summed E-state index contributed by atoms with van der Waals surface area (Å²) in [7, 11) is 0. The van der Waals surface area contributed by atoms with Gasteiger partial charge in [-0.15, -0.1) is 0 Å². The summed E-state index contributed by atoms with van der Waals surface area (Å²) >= 11 is 0. The van der Waals surface area contributed by atoms with Gasteiger partial charge in [-0.05, 0) is 68.8 Å². The van der Waals surface area contributed by atoms with Gasteiger partial charge in [0.15, 0.2) is 0 Å². The molecule has 238 valence electrons. The van der Waals surface area contributed by atoms with Crippen LogP contribution in [0.25, 0.3) is 55.1 Å². The van der Waals surface area contributed by atoms with Crippen molar-refractivity contribution in [3.63, 3.8) is 0 Å². The number of hydrogen-bond donors (Lipinski definition) is 1. The van der Waals surface area contributed by atoms with Gasteiger partial charge in [-0.25, -0.2) is 4.99 Å². The summed E-state index contributed by atoms with van der Waals surface area (Å²) in [5.74, 6) is 0.872. The van der Waals surface area contributed by atoms with E-state index in [1.807, 2.05) is 0 Å². The first-order chi connectivity index (χ1) is 24.6. The molecule has 1 aromatic heterocycles. The highest BCUT2D eigenvalue weighted by atomic mass is 15.1. The molecule has 3 nitrogen and oxygen atoms in total. The maximum absolute atomic E-state index is 5.18. The van der Waals surface area contributed by atoms with E-state index in [9.17, 15) is 0 Å². The van der Waals surface area contributed by atoms with Gasteiger partial charge in [-0.1, -0.05) is 147 Å². The molecule has 1 atom stereocenters. The van der Waals surface area contributed by atoms with E-state index in [1.165, 1.54) is 60.4 Å². The molecule has 1 aliphatic heterocycles. The molecule has 1 N–H and O–H groups in total. The number of nitrogens with zero attached hydrogens (tertiary/aromatic N) is 2. The van der Waals surface area contributed by atoms with Gasteiger partial charge in [0.05, 0.1) is 22.9 Å². The maximum atomic E-state index is 5.18. The van der Waals surface area contributed by atoms with E-state index in [0.717, 1.165) is 28.3 Å². The molecule has 7 aromatic carbocycles. The fraction of sp³-hybridized carbons (Fsp3) is 0.0851. The van der Waals surface area contributed by atoms with Gasteiger partial charge in [0.25, 0.3) is 0 Å². The smallest absolute Gasteiger partial charge is 0.134 e. The molecular weight excluding hydrogens is 607 g/mol. The van der Waals surface area contributed by atoms with Gasteiger partial charge in [-0.2, -0.15) is 0 Å². The molecule has 0 amide bonds. The van der Waals surface area contributed by atoms with Gasteiger partial charge < -0.3 is 9.88 Å². The quantitative estimate of drug-likeness (QED) is 0.190. The molecule has 8 aromatic rings. The maximum Gasteiger partial charge on any atom is 0.134 e. The second-order valence-electron chi connectivity index (χ2n) is 14.0. The molecule has 0 spiro atoms. The predicted molar refractivity (Wildman–Crippen MR) is 209 cm³/mol. The summed E-state index contributed by atoms with van der Waals surface area (Å²) in [6.07, 6.45) is 2.23. The highest BCUT2D eigenvalue weighted by Gasteiger charge is 2.41. The van der Waals surface area contributed by atoms with E-state index in [2.05, 4.69) is 188 Å². The number of fused-ring (bicyclic) bond motifs is 10. The van der Waals surface area contributed by atoms with Crippen molar-refractivity contribution in [3.05, 3.63) is 192 Å². The third kappa shape index (κ3) is 4.20. The summed E-state index contributed by atoms with van der Waals surface area (Å²) in [5.41, 5.74) is 12.0. The lowest BCUT2D eigenvalue weighted by Crippen LogP contribution is -2.31. The van der Waals surface area contributed by atoms with Crippen LogP contribution in [0.5, 0.6) is 0 Å². The number of aliphatic imine (C=N–C) groups is 1. The molecule has 3 heteroatoms. The Hall–Kier alpha value is -6.19. The van der Waals surface area contributed by atoms with Crippen LogP contribution < -0.4 is 5.32 Å². The Labute approximate surface area is 291 Å². The minimum absolute atomic E-state index is 0.00798. The first-order valence-electron chi connectivity index (χ1n) is 17.4. The second kappa shape index (κ2) is 10.9. The van der Waals surface area contributed by atoms with Crippen LogP contribution in [0.15, 0.2) is 169 Å². The fourth-order valence-electron chi connectivity index (χ4n) is 8.50. The first kappa shape index (κ1) is 28.8. The van der Waals surface area contributed by atoms with E-state index in [-0.39, 0.29) is 11.5 Å². The highest BCUT2D eigenvalue weighted by molar-refractivity contribution is 6.27. The molecule has 0 fully saturated rings. The van der Waals surface area contributed by atoms with Crippen LogP contribution in [-0.2, 0) is 5.41 Å². The van der Waals surface area contributed by atoms with Crippen molar-refractivity contribution in [1.82, 2.24) is 9.88 Å². The monoisotopic (exact) mass is 641 g/mol. The van der Waals surface area contributed by atoms with Gasteiger partial charge in [0.2, 0.25) is 0 Å². The van der Waals surface area contributed by atoms with E-state index >= 15 is 0 Å². The molecule has 0 radical (unpaired) electrons. The van der Waals surface area contributed by atoms with Crippen molar-refractivity contribution in [2.75, 3.05) is 0 Å². The fourth-order valence-corrected chi connectivity index (χ4v) is 8.50. The van der Waals surface area contributed by atoms with E-state index in [1.54, 1.807) is 0 Å². The Morgan fingerprint density at radius 2 is 1.18 bits per heavy atom. The number of hydrogen-bond acceptors (Lipinski definition) is 2. The van der Waals surface area contributed by atoms with Crippen molar-refractivity contribution in [1.29, 1.82) is 0 Å². The number of nitrogens with one attached hydrogen (secondary N) is 1. The minimum atomic E-state index is -0.159. The number of aromatic nitrogens is 1. The van der Waals surface area contributed by atoms with Crippen molar-refractivity contribution >= 4 is 44.0 Å². The lowest BCUT2D eigenvalue weighted by atomic mass is 9.80. The molecule has 50 heavy (non-hydrogen) atoms. The molecular formula is C47H35N3. The standard InChI is InChI=1S/C47H35N3/c1-47(2)39-24-14-13-23-38(39)45-43(47)42-36-21-11-9-19-34(36)35-20-10-12-22-37(35)44(42)50(45)33-27-25-32(26-28-33)46-48-40(30-15-5-3-6-16-30)29-41(49-46)31-17-7-4-8-18-31/h3-29,40H,1-2H3,(H,48,49). The Morgan fingerprint density at radius 3 is 1.92 bits per heavy atom. The van der Waals surface area contributed by atoms with Gasteiger partial charge in [0.1, 0.15) is 5.84 Å². The summed E-state index contributed by atoms with van der Waals surface area (Å²) < 4.78 is 2.54. The highest BCUT2D eigenvalue weighted by Crippen LogP contribution is 2.56. The molecule has 2 heterocycles. The first-order valence-corrected chi connectivity index (χ1v) is 17.4. The van der Waals surface area contributed by atoms with Crippen LogP contribution in [0.3, 0.4) is 0 Å². The summed E-state index contributed by atoms with van der Waals surface area (Å²) in [5, 5.41) is 10.3. The number of rotatable bonds is 4. The van der Waals surface area contributed by atoms with Crippen LogP contribution >= 0.6 is 0 Å². The number of amidine groups is 1. The molecule has 10 rings (SSSR count). The Morgan fingerprint density at radius 1 is 0.580 bits per heavy atom. The largest absolute Gasteiger partial charge is 0.359 e. The molecule has 0 saturated carbocycles. The molecule has 0 bridgehead atoms. The topological polar surface area (TPSA) is 29.3 Å². The van der Waals surface area contributed by atoms with Gasteiger partial charge >= 0.3 is 0 Å². The lowest BCUT2D eigenvalue weighted by Gasteiger charge is -2.24. The second-order valence-corrected chi connectivity index (χ2v) is 14.0. The lowest BCUT2D eigenvalue weighted by molar-refractivity contribution is 0.666. The zero-order chi connectivity index (χ0) is 33.4. The Balaban J connectivity index is 1.20. The summed E-state index contributed by atoms with van der Waals surface area (Å²) in [6.45, 7) is 4.78. The summed E-state index contributed by atoms with van der Waals surface area (Å²) in [6, 6.07) is 56.9. The Bertz CT molecular complexity index is 2680.